The Bertz CT molecular complexity index is 943. The number of carboxylic acid groups (broad SMARTS) is 1. The van der Waals surface area contributed by atoms with Crippen molar-refractivity contribution in [2.45, 2.75) is 13.5 Å². The number of fused-ring (bicyclic) bond motifs is 1. The number of hydrogen-bond acceptors (Lipinski definition) is 4. The smallest absolute Gasteiger partial charge is 0.323 e. The van der Waals surface area contributed by atoms with Gasteiger partial charge in [-0.15, -0.1) is 0 Å². The van der Waals surface area contributed by atoms with Gasteiger partial charge in [-0.25, -0.2) is 0 Å². The average molecular weight is 324 g/mol. The van der Waals surface area contributed by atoms with Crippen LogP contribution in [0, 0.1) is 6.92 Å². The van der Waals surface area contributed by atoms with Crippen molar-refractivity contribution in [3.63, 3.8) is 0 Å². The van der Waals surface area contributed by atoms with Gasteiger partial charge in [0.15, 0.2) is 0 Å². The van der Waals surface area contributed by atoms with Crippen molar-refractivity contribution in [3.05, 3.63) is 59.5 Å². The van der Waals surface area contributed by atoms with Crippen molar-refractivity contribution < 1.29 is 19.4 Å². The minimum absolute atomic E-state index is 0.288. The number of methoxy groups -OCH3 is 1. The molecule has 0 saturated carbocycles. The molecule has 24 heavy (non-hydrogen) atoms. The van der Waals surface area contributed by atoms with Gasteiger partial charge in [-0.3, -0.25) is 14.6 Å². The second-order valence-corrected chi connectivity index (χ2v) is 5.48. The van der Waals surface area contributed by atoms with Gasteiger partial charge < -0.3 is 14.4 Å². The first-order chi connectivity index (χ1) is 11.5. The number of pyridine rings is 1. The molecule has 0 aliphatic heterocycles. The second-order valence-electron chi connectivity index (χ2n) is 5.48. The summed E-state index contributed by atoms with van der Waals surface area (Å²) in [6.45, 7) is 1.57. The van der Waals surface area contributed by atoms with E-state index in [0.29, 0.717) is 17.0 Å². The molecule has 0 unspecified atom stereocenters. The van der Waals surface area contributed by atoms with E-state index in [-0.39, 0.29) is 18.0 Å². The Morgan fingerprint density at radius 1 is 1.21 bits per heavy atom. The number of carboxylic acids is 1. The SMILES string of the molecule is COc1ccc2c(c1)cc(C(=O)c1cc(C)ccn1)n2CC(=O)O. The van der Waals surface area contributed by atoms with Crippen molar-refractivity contribution in [2.75, 3.05) is 7.11 Å². The maximum absolute atomic E-state index is 12.8. The Hall–Kier alpha value is -3.15. The lowest BCUT2D eigenvalue weighted by atomic mass is 10.1. The maximum atomic E-state index is 12.8. The van der Waals surface area contributed by atoms with Crippen LogP contribution in [0.2, 0.25) is 0 Å². The summed E-state index contributed by atoms with van der Waals surface area (Å²) in [6.07, 6.45) is 1.57. The molecule has 0 bridgehead atoms. The third kappa shape index (κ3) is 2.86. The van der Waals surface area contributed by atoms with E-state index >= 15 is 0 Å². The Kier molecular flexibility index (Phi) is 4.04. The summed E-state index contributed by atoms with van der Waals surface area (Å²) in [5.74, 6) is -0.688. The van der Waals surface area contributed by atoms with Gasteiger partial charge >= 0.3 is 5.97 Å². The molecule has 0 fully saturated rings. The summed E-state index contributed by atoms with van der Waals surface area (Å²) in [5.41, 5.74) is 2.15. The van der Waals surface area contributed by atoms with E-state index in [1.165, 1.54) is 4.57 Å². The molecule has 0 spiro atoms. The molecule has 0 atom stereocenters. The number of ketones is 1. The van der Waals surface area contributed by atoms with Gasteiger partial charge in [0.05, 0.1) is 12.8 Å². The summed E-state index contributed by atoms with van der Waals surface area (Å²) < 4.78 is 6.68. The molecule has 0 saturated heterocycles. The number of carbonyl (C=O) groups excluding carboxylic acids is 1. The Labute approximate surface area is 138 Å². The van der Waals surface area contributed by atoms with E-state index < -0.39 is 5.97 Å². The fourth-order valence-corrected chi connectivity index (χ4v) is 2.66. The molecule has 0 aliphatic carbocycles. The third-order valence-electron chi connectivity index (χ3n) is 3.78. The van der Waals surface area contributed by atoms with Crippen LogP contribution in [-0.2, 0) is 11.3 Å². The highest BCUT2D eigenvalue weighted by molar-refractivity contribution is 6.09. The van der Waals surface area contributed by atoms with E-state index in [1.54, 1.807) is 49.7 Å². The topological polar surface area (TPSA) is 81.4 Å². The lowest BCUT2D eigenvalue weighted by Crippen LogP contribution is -2.16. The highest BCUT2D eigenvalue weighted by atomic mass is 16.5. The van der Waals surface area contributed by atoms with Crippen LogP contribution in [-0.4, -0.2) is 33.5 Å². The fraction of sp³-hybridized carbons (Fsp3) is 0.167. The average Bonchev–Trinajstić information content (AvgIpc) is 2.91. The van der Waals surface area contributed by atoms with Gasteiger partial charge in [0.1, 0.15) is 18.0 Å². The van der Waals surface area contributed by atoms with Crippen molar-refractivity contribution >= 4 is 22.7 Å². The number of nitrogens with zero attached hydrogens (tertiary/aromatic N) is 2. The second kappa shape index (κ2) is 6.16. The van der Waals surface area contributed by atoms with Crippen LogP contribution in [0.5, 0.6) is 5.75 Å². The first kappa shape index (κ1) is 15.7. The van der Waals surface area contributed by atoms with E-state index in [2.05, 4.69) is 4.98 Å². The number of aryl methyl sites for hydroxylation is 1. The number of aliphatic carboxylic acids is 1. The quantitative estimate of drug-likeness (QED) is 0.730. The van der Waals surface area contributed by atoms with Crippen LogP contribution in [0.1, 0.15) is 21.7 Å². The van der Waals surface area contributed by atoms with Crippen LogP contribution in [0.3, 0.4) is 0 Å². The van der Waals surface area contributed by atoms with Crippen molar-refractivity contribution in [2.24, 2.45) is 0 Å². The number of hydrogen-bond donors (Lipinski definition) is 1. The predicted molar refractivity (Wildman–Crippen MR) is 88.5 cm³/mol. The van der Waals surface area contributed by atoms with Gasteiger partial charge in [-0.2, -0.15) is 0 Å². The molecule has 0 amide bonds. The van der Waals surface area contributed by atoms with Crippen molar-refractivity contribution in [3.8, 4) is 5.75 Å². The summed E-state index contributed by atoms with van der Waals surface area (Å²) in [4.78, 5) is 28.1. The first-order valence-electron chi connectivity index (χ1n) is 7.36. The van der Waals surface area contributed by atoms with Crippen molar-refractivity contribution in [1.82, 2.24) is 9.55 Å². The molecular weight excluding hydrogens is 308 g/mol. The van der Waals surface area contributed by atoms with Crippen LogP contribution < -0.4 is 4.74 Å². The third-order valence-corrected chi connectivity index (χ3v) is 3.78. The summed E-state index contributed by atoms with van der Waals surface area (Å²) >= 11 is 0. The molecule has 1 aromatic carbocycles. The normalized spacial score (nSPS) is 10.8. The number of benzene rings is 1. The summed E-state index contributed by atoms with van der Waals surface area (Å²) in [6, 6.07) is 10.4. The highest BCUT2D eigenvalue weighted by Crippen LogP contribution is 2.26. The Morgan fingerprint density at radius 3 is 2.67 bits per heavy atom. The van der Waals surface area contributed by atoms with E-state index in [0.717, 1.165) is 10.9 Å². The number of rotatable bonds is 5. The van der Waals surface area contributed by atoms with Crippen LogP contribution in [0.15, 0.2) is 42.6 Å². The predicted octanol–water partition coefficient (Wildman–Crippen LogP) is 2.67. The molecule has 3 rings (SSSR count). The molecule has 0 aliphatic rings. The number of carbonyl (C=O) groups is 2. The zero-order chi connectivity index (χ0) is 17.3. The standard InChI is InChI=1S/C18H16N2O4/c1-11-5-6-19-14(7-11)18(23)16-9-12-8-13(24-2)3-4-15(12)20(16)10-17(21)22/h3-9H,10H2,1-2H3,(H,21,22). The molecule has 6 heteroatoms. The van der Waals surface area contributed by atoms with Gasteiger partial charge in [0.2, 0.25) is 5.78 Å². The fourth-order valence-electron chi connectivity index (χ4n) is 2.66. The number of ether oxygens (including phenoxy) is 1. The lowest BCUT2D eigenvalue weighted by Gasteiger charge is -2.08. The zero-order valence-electron chi connectivity index (χ0n) is 13.3. The van der Waals surface area contributed by atoms with E-state index in [1.807, 2.05) is 6.92 Å². The molecule has 3 aromatic rings. The van der Waals surface area contributed by atoms with Crippen LogP contribution in [0.4, 0.5) is 0 Å². The van der Waals surface area contributed by atoms with Gasteiger partial charge in [-0.05, 0) is 48.9 Å². The molecule has 2 aromatic heterocycles. The maximum Gasteiger partial charge on any atom is 0.323 e. The Balaban J connectivity index is 2.18. The molecule has 0 radical (unpaired) electrons. The molecule has 1 N–H and O–H groups in total. The largest absolute Gasteiger partial charge is 0.497 e. The monoisotopic (exact) mass is 324 g/mol. The molecular formula is C18H16N2O4. The minimum Gasteiger partial charge on any atom is -0.497 e. The number of aromatic nitrogens is 2. The summed E-state index contributed by atoms with van der Waals surface area (Å²) in [7, 11) is 1.55. The lowest BCUT2D eigenvalue weighted by molar-refractivity contribution is -0.137. The molecule has 2 heterocycles. The van der Waals surface area contributed by atoms with Crippen LogP contribution in [0.25, 0.3) is 10.9 Å². The molecule has 122 valence electrons. The first-order valence-corrected chi connectivity index (χ1v) is 7.36. The Morgan fingerprint density at radius 2 is 2.00 bits per heavy atom. The zero-order valence-corrected chi connectivity index (χ0v) is 13.3. The van der Waals surface area contributed by atoms with E-state index in [9.17, 15) is 14.7 Å². The summed E-state index contributed by atoms with van der Waals surface area (Å²) in [5, 5.41) is 9.94. The van der Waals surface area contributed by atoms with Crippen molar-refractivity contribution in [1.29, 1.82) is 0 Å². The van der Waals surface area contributed by atoms with E-state index in [4.69, 9.17) is 4.74 Å². The van der Waals surface area contributed by atoms with Gasteiger partial charge in [-0.1, -0.05) is 0 Å². The minimum atomic E-state index is -1.02. The van der Waals surface area contributed by atoms with Crippen LogP contribution >= 0.6 is 0 Å². The molecule has 6 nitrogen and oxygen atoms in total. The van der Waals surface area contributed by atoms with Gasteiger partial charge in [0.25, 0.3) is 0 Å². The highest BCUT2D eigenvalue weighted by Gasteiger charge is 2.20. The van der Waals surface area contributed by atoms with Gasteiger partial charge in [0, 0.05) is 17.1 Å².